The molecule has 0 spiro atoms. The largest absolute Gasteiger partial charge is 0.354 e. The molecule has 3 rings (SSSR count). The minimum atomic E-state index is -1.26. The van der Waals surface area contributed by atoms with Crippen LogP contribution in [0.3, 0.4) is 0 Å². The summed E-state index contributed by atoms with van der Waals surface area (Å²) in [5, 5.41) is 7.11. The van der Waals surface area contributed by atoms with Gasteiger partial charge in [0.2, 0.25) is 5.91 Å². The quantitative estimate of drug-likeness (QED) is 0.498. The predicted molar refractivity (Wildman–Crippen MR) is 126 cm³/mol. The highest BCUT2D eigenvalue weighted by Crippen LogP contribution is 2.31. The van der Waals surface area contributed by atoms with Gasteiger partial charge in [-0.25, -0.2) is 4.79 Å². The molecule has 32 heavy (non-hydrogen) atoms. The van der Waals surface area contributed by atoms with Gasteiger partial charge >= 0.3 is 6.03 Å². The van der Waals surface area contributed by atoms with Crippen LogP contribution in [0.2, 0.25) is 15.1 Å². The van der Waals surface area contributed by atoms with Crippen molar-refractivity contribution in [1.29, 1.82) is 0 Å². The van der Waals surface area contributed by atoms with Gasteiger partial charge in [0.05, 0.1) is 0 Å². The topological polar surface area (TPSA) is 78.5 Å². The molecule has 170 valence electrons. The van der Waals surface area contributed by atoms with Gasteiger partial charge < -0.3 is 10.6 Å². The van der Waals surface area contributed by atoms with Crippen molar-refractivity contribution in [2.45, 2.75) is 38.1 Å². The number of urea groups is 1. The molecule has 1 aliphatic heterocycles. The summed E-state index contributed by atoms with van der Waals surface area (Å²) in [5.74, 6) is -0.943. The number of nitrogens with zero attached hydrogens (tertiary/aromatic N) is 1. The van der Waals surface area contributed by atoms with Gasteiger partial charge in [0, 0.05) is 27.5 Å². The number of amides is 4. The SMILES string of the molecule is CCCC(CNC(=O)CN1C(=O)NC(C)(c2ccc(Cl)cc2)C1=O)c1ccc(Cl)cc1Cl. The Hall–Kier alpha value is -2.28. The highest BCUT2D eigenvalue weighted by molar-refractivity contribution is 6.35. The van der Waals surface area contributed by atoms with Crippen molar-refractivity contribution in [3.8, 4) is 0 Å². The number of benzene rings is 2. The lowest BCUT2D eigenvalue weighted by Crippen LogP contribution is -2.43. The van der Waals surface area contributed by atoms with Crippen molar-refractivity contribution >= 4 is 52.6 Å². The number of carbonyl (C=O) groups is 3. The van der Waals surface area contributed by atoms with Gasteiger partial charge in [-0.05, 0) is 48.7 Å². The summed E-state index contributed by atoms with van der Waals surface area (Å²) in [4.78, 5) is 39.0. The second kappa shape index (κ2) is 10.1. The second-order valence-electron chi connectivity index (χ2n) is 7.91. The fourth-order valence-corrected chi connectivity index (χ4v) is 4.49. The molecule has 1 heterocycles. The molecule has 1 aliphatic rings. The molecular weight excluding hydrogens is 473 g/mol. The van der Waals surface area contributed by atoms with E-state index in [1.807, 2.05) is 13.0 Å². The van der Waals surface area contributed by atoms with Crippen molar-refractivity contribution in [2.75, 3.05) is 13.1 Å². The monoisotopic (exact) mass is 495 g/mol. The van der Waals surface area contributed by atoms with Gasteiger partial charge in [0.1, 0.15) is 12.1 Å². The zero-order valence-corrected chi connectivity index (χ0v) is 20.0. The van der Waals surface area contributed by atoms with Gasteiger partial charge in [-0.1, -0.05) is 66.3 Å². The maximum Gasteiger partial charge on any atom is 0.325 e. The standard InChI is InChI=1S/C23H24Cl3N3O3/c1-3-4-14(18-10-9-17(25)11-19(18)26)12-27-20(30)13-29-21(31)23(2,28-22(29)32)15-5-7-16(24)8-6-15/h5-11,14H,3-4,12-13H2,1-2H3,(H,27,30)(H,28,32). The summed E-state index contributed by atoms with van der Waals surface area (Å²) in [6.45, 7) is 3.60. The zero-order valence-electron chi connectivity index (χ0n) is 17.8. The molecule has 1 saturated heterocycles. The summed E-state index contributed by atoms with van der Waals surface area (Å²) in [6.07, 6.45) is 1.70. The molecule has 6 nitrogen and oxygen atoms in total. The van der Waals surface area contributed by atoms with Crippen molar-refractivity contribution < 1.29 is 14.4 Å². The lowest BCUT2D eigenvalue weighted by Gasteiger charge is -2.22. The third kappa shape index (κ3) is 5.20. The third-order valence-electron chi connectivity index (χ3n) is 5.58. The van der Waals surface area contributed by atoms with Crippen LogP contribution >= 0.6 is 34.8 Å². The van der Waals surface area contributed by atoms with E-state index in [0.717, 1.165) is 23.3 Å². The van der Waals surface area contributed by atoms with Gasteiger partial charge in [-0.15, -0.1) is 0 Å². The summed E-state index contributed by atoms with van der Waals surface area (Å²) < 4.78 is 0. The molecule has 0 radical (unpaired) electrons. The van der Waals surface area contributed by atoms with Crippen LogP contribution in [0.25, 0.3) is 0 Å². The van der Waals surface area contributed by atoms with Crippen molar-refractivity contribution in [3.63, 3.8) is 0 Å². The summed E-state index contributed by atoms with van der Waals surface area (Å²) in [6, 6.07) is 11.3. The molecule has 0 saturated carbocycles. The average Bonchev–Trinajstić information content (AvgIpc) is 2.96. The molecule has 2 aromatic carbocycles. The highest BCUT2D eigenvalue weighted by atomic mass is 35.5. The molecular formula is C23H24Cl3N3O3. The van der Waals surface area contributed by atoms with E-state index in [2.05, 4.69) is 10.6 Å². The Labute approximate surface area is 202 Å². The van der Waals surface area contributed by atoms with E-state index in [1.165, 1.54) is 0 Å². The minimum absolute atomic E-state index is 0.0174. The van der Waals surface area contributed by atoms with E-state index >= 15 is 0 Å². The highest BCUT2D eigenvalue weighted by Gasteiger charge is 2.49. The summed E-state index contributed by atoms with van der Waals surface area (Å²) in [7, 11) is 0. The number of carbonyl (C=O) groups excluding carboxylic acids is 3. The predicted octanol–water partition coefficient (Wildman–Crippen LogP) is 5.11. The van der Waals surface area contributed by atoms with Crippen molar-refractivity contribution in [1.82, 2.24) is 15.5 Å². The normalized spacial score (nSPS) is 19.1. The molecule has 1 fully saturated rings. The first-order valence-corrected chi connectivity index (χ1v) is 11.4. The Bertz CT molecular complexity index is 1030. The van der Waals surface area contributed by atoms with E-state index < -0.39 is 23.4 Å². The Balaban J connectivity index is 1.66. The smallest absolute Gasteiger partial charge is 0.325 e. The van der Waals surface area contributed by atoms with E-state index in [9.17, 15) is 14.4 Å². The van der Waals surface area contributed by atoms with E-state index in [1.54, 1.807) is 43.3 Å². The van der Waals surface area contributed by atoms with Crippen LogP contribution in [0.1, 0.15) is 43.7 Å². The molecule has 0 aromatic heterocycles. The van der Waals surface area contributed by atoms with Gasteiger partial charge in [-0.3, -0.25) is 14.5 Å². The molecule has 0 aliphatic carbocycles. The lowest BCUT2D eigenvalue weighted by molar-refractivity contribution is -0.134. The van der Waals surface area contributed by atoms with E-state index in [-0.39, 0.29) is 12.5 Å². The van der Waals surface area contributed by atoms with Crippen LogP contribution in [-0.4, -0.2) is 35.8 Å². The maximum absolute atomic E-state index is 13.0. The summed E-state index contributed by atoms with van der Waals surface area (Å²) >= 11 is 18.2. The molecule has 2 aromatic rings. The number of hydrogen-bond donors (Lipinski definition) is 2. The summed E-state index contributed by atoms with van der Waals surface area (Å²) in [5.41, 5.74) is 0.218. The van der Waals surface area contributed by atoms with Crippen LogP contribution in [0.15, 0.2) is 42.5 Å². The Morgan fingerprint density at radius 1 is 1.09 bits per heavy atom. The first kappa shape index (κ1) is 24.4. The first-order valence-electron chi connectivity index (χ1n) is 10.3. The average molecular weight is 497 g/mol. The molecule has 2 unspecified atom stereocenters. The first-order chi connectivity index (χ1) is 15.2. The van der Waals surface area contributed by atoms with Gasteiger partial charge in [0.25, 0.3) is 5.91 Å². The molecule has 0 bridgehead atoms. The van der Waals surface area contributed by atoms with Crippen LogP contribution in [0.5, 0.6) is 0 Å². The fraction of sp³-hybridized carbons (Fsp3) is 0.348. The van der Waals surface area contributed by atoms with Crippen LogP contribution < -0.4 is 10.6 Å². The van der Waals surface area contributed by atoms with Crippen LogP contribution in [-0.2, 0) is 15.1 Å². The maximum atomic E-state index is 13.0. The fourth-order valence-electron chi connectivity index (χ4n) is 3.80. The number of nitrogens with one attached hydrogen (secondary N) is 2. The number of imide groups is 1. The zero-order chi connectivity index (χ0) is 23.5. The molecule has 2 N–H and O–H groups in total. The molecule has 4 amide bonds. The number of halogens is 3. The van der Waals surface area contributed by atoms with Gasteiger partial charge in [0.15, 0.2) is 0 Å². The molecule has 2 atom stereocenters. The Morgan fingerprint density at radius 2 is 1.75 bits per heavy atom. The third-order valence-corrected chi connectivity index (χ3v) is 6.40. The second-order valence-corrected chi connectivity index (χ2v) is 9.19. The van der Waals surface area contributed by atoms with Crippen LogP contribution in [0, 0.1) is 0 Å². The Kier molecular flexibility index (Phi) is 7.70. The van der Waals surface area contributed by atoms with Crippen molar-refractivity contribution in [3.05, 3.63) is 68.7 Å². The van der Waals surface area contributed by atoms with Gasteiger partial charge in [-0.2, -0.15) is 0 Å². The van der Waals surface area contributed by atoms with E-state index in [4.69, 9.17) is 34.8 Å². The van der Waals surface area contributed by atoms with Crippen molar-refractivity contribution in [2.24, 2.45) is 0 Å². The minimum Gasteiger partial charge on any atom is -0.354 e. The van der Waals surface area contributed by atoms with Crippen LogP contribution in [0.4, 0.5) is 4.79 Å². The Morgan fingerprint density at radius 3 is 2.38 bits per heavy atom. The number of rotatable bonds is 8. The van der Waals surface area contributed by atoms with E-state index in [0.29, 0.717) is 27.2 Å². The number of hydrogen-bond acceptors (Lipinski definition) is 3. The molecule has 9 heteroatoms. The lowest BCUT2D eigenvalue weighted by atomic mass is 9.92.